The van der Waals surface area contributed by atoms with Crippen LogP contribution in [-0.4, -0.2) is 6.61 Å². The van der Waals surface area contributed by atoms with Crippen molar-refractivity contribution in [3.05, 3.63) is 88.7 Å². The van der Waals surface area contributed by atoms with Crippen molar-refractivity contribution in [2.45, 2.75) is 59.2 Å². The number of alkyl halides is 3. The second-order valence-electron chi connectivity index (χ2n) is 9.09. The minimum atomic E-state index is -4.84. The molecule has 194 valence electrons. The maximum atomic E-state index is 15.0. The zero-order valence-electron chi connectivity index (χ0n) is 20.8. The maximum Gasteiger partial charge on any atom is 0.417 e. The summed E-state index contributed by atoms with van der Waals surface area (Å²) < 4.78 is 82.0. The van der Waals surface area contributed by atoms with Crippen molar-refractivity contribution in [3.63, 3.8) is 0 Å². The number of hydrogen-bond acceptors (Lipinski definition) is 2. The van der Waals surface area contributed by atoms with Crippen LogP contribution in [-0.2, 0) is 17.5 Å². The van der Waals surface area contributed by atoms with Gasteiger partial charge in [0.1, 0.15) is 29.8 Å². The number of ether oxygens (including phenoxy) is 2. The highest BCUT2D eigenvalue weighted by Gasteiger charge is 2.36. The van der Waals surface area contributed by atoms with Gasteiger partial charge in [0.05, 0.1) is 12.2 Å². The molecule has 0 N–H and O–H groups in total. The molecule has 1 saturated carbocycles. The Labute approximate surface area is 209 Å². The summed E-state index contributed by atoms with van der Waals surface area (Å²) in [7, 11) is 0. The van der Waals surface area contributed by atoms with E-state index in [0.717, 1.165) is 49.1 Å². The lowest BCUT2D eigenvalue weighted by molar-refractivity contribution is -0.137. The Kier molecular flexibility index (Phi) is 8.98. The van der Waals surface area contributed by atoms with Crippen molar-refractivity contribution in [1.82, 2.24) is 0 Å². The summed E-state index contributed by atoms with van der Waals surface area (Å²) in [5, 5.41) is 0. The van der Waals surface area contributed by atoms with Gasteiger partial charge in [0, 0.05) is 17.2 Å². The average Bonchev–Trinajstić information content (AvgIpc) is 3.17. The zero-order valence-corrected chi connectivity index (χ0v) is 20.8. The van der Waals surface area contributed by atoms with E-state index in [1.54, 1.807) is 6.08 Å². The molecule has 2 aromatic carbocycles. The number of halogens is 5. The molecule has 1 aliphatic carbocycles. The van der Waals surface area contributed by atoms with Crippen LogP contribution in [0.15, 0.2) is 66.0 Å². The Hall–Kier alpha value is -3.09. The fourth-order valence-corrected chi connectivity index (χ4v) is 4.30. The number of benzene rings is 2. The highest BCUT2D eigenvalue weighted by molar-refractivity contribution is 5.70. The third-order valence-corrected chi connectivity index (χ3v) is 6.12. The van der Waals surface area contributed by atoms with Gasteiger partial charge >= 0.3 is 6.18 Å². The summed E-state index contributed by atoms with van der Waals surface area (Å²) in [6, 6.07) is 5.02. The molecule has 0 bridgehead atoms. The molecule has 2 nitrogen and oxygen atoms in total. The van der Waals surface area contributed by atoms with Gasteiger partial charge in [-0.3, -0.25) is 0 Å². The molecule has 0 aromatic heterocycles. The normalized spacial score (nSPS) is 18.2. The molecule has 1 atom stereocenters. The number of rotatable bonds is 9. The molecule has 1 unspecified atom stereocenters. The lowest BCUT2D eigenvalue weighted by Gasteiger charge is -2.17. The molecular formula is C29H31F5O2. The Morgan fingerprint density at radius 1 is 1.08 bits per heavy atom. The van der Waals surface area contributed by atoms with Crippen LogP contribution in [0.3, 0.4) is 0 Å². The van der Waals surface area contributed by atoms with Crippen LogP contribution >= 0.6 is 0 Å². The van der Waals surface area contributed by atoms with Gasteiger partial charge in [0.2, 0.25) is 0 Å². The van der Waals surface area contributed by atoms with Gasteiger partial charge in [0.25, 0.3) is 0 Å². The van der Waals surface area contributed by atoms with Crippen molar-refractivity contribution < 1.29 is 31.4 Å². The summed E-state index contributed by atoms with van der Waals surface area (Å²) in [6.45, 7) is 9.80. The minimum Gasteiger partial charge on any atom is -0.493 e. The van der Waals surface area contributed by atoms with Gasteiger partial charge in [-0.1, -0.05) is 39.0 Å². The van der Waals surface area contributed by atoms with Crippen LogP contribution < -0.4 is 4.74 Å². The summed E-state index contributed by atoms with van der Waals surface area (Å²) >= 11 is 0. The third kappa shape index (κ3) is 6.77. The fourth-order valence-electron chi connectivity index (χ4n) is 4.30. The molecule has 7 heteroatoms. The van der Waals surface area contributed by atoms with Gasteiger partial charge < -0.3 is 9.47 Å². The summed E-state index contributed by atoms with van der Waals surface area (Å²) in [6.07, 6.45) is 2.26. The molecule has 0 radical (unpaired) electrons. The molecule has 3 rings (SSSR count). The molecule has 0 amide bonds. The molecule has 0 saturated heterocycles. The smallest absolute Gasteiger partial charge is 0.417 e. The SMILES string of the molecule is C=C(/C=C1/CC(C)C/C1=C/C)OCc1cc(-c2c(F)cc(OCCCC)cc2C(F)(F)F)ccc1F. The van der Waals surface area contributed by atoms with Gasteiger partial charge in [-0.05, 0) is 73.1 Å². The van der Waals surface area contributed by atoms with Gasteiger partial charge in [-0.15, -0.1) is 0 Å². The highest BCUT2D eigenvalue weighted by Crippen LogP contribution is 2.41. The Balaban J connectivity index is 1.87. The van der Waals surface area contributed by atoms with Crippen LogP contribution in [0.2, 0.25) is 0 Å². The fraction of sp³-hybridized carbons (Fsp3) is 0.379. The molecule has 0 aliphatic heterocycles. The minimum absolute atomic E-state index is 0.00565. The number of allylic oxidation sites excluding steroid dienone is 4. The Morgan fingerprint density at radius 3 is 2.47 bits per heavy atom. The molecule has 1 aliphatic rings. The first-order valence-corrected chi connectivity index (χ1v) is 12.0. The van der Waals surface area contributed by atoms with E-state index >= 15 is 0 Å². The first-order valence-electron chi connectivity index (χ1n) is 12.0. The van der Waals surface area contributed by atoms with Crippen molar-refractivity contribution in [3.8, 4) is 16.9 Å². The van der Waals surface area contributed by atoms with Crippen LogP contribution in [0.25, 0.3) is 11.1 Å². The predicted octanol–water partition coefficient (Wildman–Crippen LogP) is 9.16. The molecule has 0 spiro atoms. The highest BCUT2D eigenvalue weighted by atomic mass is 19.4. The van der Waals surface area contributed by atoms with E-state index < -0.39 is 28.9 Å². The Morgan fingerprint density at radius 2 is 1.81 bits per heavy atom. The summed E-state index contributed by atoms with van der Waals surface area (Å²) in [5.41, 5.74) is 0.347. The van der Waals surface area contributed by atoms with Crippen molar-refractivity contribution in [2.75, 3.05) is 6.61 Å². The van der Waals surface area contributed by atoms with Crippen LogP contribution in [0.4, 0.5) is 22.0 Å². The molecular weight excluding hydrogens is 475 g/mol. The summed E-state index contributed by atoms with van der Waals surface area (Å²) in [5.74, 6) is -1.15. The second kappa shape index (κ2) is 11.8. The largest absolute Gasteiger partial charge is 0.493 e. The van der Waals surface area contributed by atoms with E-state index in [1.807, 2.05) is 19.9 Å². The van der Waals surface area contributed by atoms with Crippen LogP contribution in [0.5, 0.6) is 5.75 Å². The van der Waals surface area contributed by atoms with Crippen molar-refractivity contribution in [1.29, 1.82) is 0 Å². The molecule has 2 aromatic rings. The van der Waals surface area contributed by atoms with E-state index in [1.165, 1.54) is 11.6 Å². The zero-order chi connectivity index (χ0) is 26.5. The van der Waals surface area contributed by atoms with Crippen molar-refractivity contribution >= 4 is 0 Å². The van der Waals surface area contributed by atoms with E-state index in [9.17, 15) is 22.0 Å². The van der Waals surface area contributed by atoms with Gasteiger partial charge in [-0.25, -0.2) is 8.78 Å². The number of unbranched alkanes of at least 4 members (excludes halogenated alkanes) is 1. The Bertz CT molecular complexity index is 1160. The average molecular weight is 507 g/mol. The quantitative estimate of drug-likeness (QED) is 0.192. The molecule has 36 heavy (non-hydrogen) atoms. The van der Waals surface area contributed by atoms with Crippen LogP contribution in [0.1, 0.15) is 57.6 Å². The standard InChI is InChI=1S/C29H31F5O2/c1-5-7-10-35-24-15-25(29(32,33)34)28(27(31)16-24)21-8-9-26(30)23(14-21)17-36-19(4)13-22-12-18(3)11-20(22)6-2/h6,8-9,13-16,18H,4-5,7,10-12,17H2,1-3H3/b20-6-,22-13-. The molecule has 1 fully saturated rings. The topological polar surface area (TPSA) is 18.5 Å². The second-order valence-corrected chi connectivity index (χ2v) is 9.09. The van der Waals surface area contributed by atoms with Crippen LogP contribution in [0, 0.1) is 17.6 Å². The predicted molar refractivity (Wildman–Crippen MR) is 131 cm³/mol. The summed E-state index contributed by atoms with van der Waals surface area (Å²) in [4.78, 5) is 0. The molecule has 0 heterocycles. The van der Waals surface area contributed by atoms with Crippen molar-refractivity contribution in [2.24, 2.45) is 5.92 Å². The lowest BCUT2D eigenvalue weighted by atomic mass is 9.96. The first kappa shape index (κ1) is 27.5. The maximum absolute atomic E-state index is 15.0. The van der Waals surface area contributed by atoms with E-state index in [-0.39, 0.29) is 30.1 Å². The first-order chi connectivity index (χ1) is 17.0. The lowest BCUT2D eigenvalue weighted by Crippen LogP contribution is -2.10. The number of hydrogen-bond donors (Lipinski definition) is 0. The van der Waals surface area contributed by atoms with E-state index in [0.29, 0.717) is 18.1 Å². The van der Waals surface area contributed by atoms with Gasteiger partial charge in [0.15, 0.2) is 0 Å². The van der Waals surface area contributed by atoms with E-state index in [2.05, 4.69) is 13.5 Å². The van der Waals surface area contributed by atoms with E-state index in [4.69, 9.17) is 9.47 Å². The van der Waals surface area contributed by atoms with Gasteiger partial charge in [-0.2, -0.15) is 13.2 Å². The monoisotopic (exact) mass is 506 g/mol. The third-order valence-electron chi connectivity index (χ3n) is 6.12.